The number of imidazole rings is 1. The van der Waals surface area contributed by atoms with Crippen molar-refractivity contribution in [2.45, 2.75) is 32.6 Å². The Morgan fingerprint density at radius 2 is 1.13 bits per heavy atom. The molecule has 2 heterocycles. The van der Waals surface area contributed by atoms with Gasteiger partial charge in [-0.25, -0.2) is 4.98 Å². The second-order valence-electron chi connectivity index (χ2n) is 15.0. The van der Waals surface area contributed by atoms with Crippen molar-refractivity contribution in [1.82, 2.24) is 9.55 Å². The van der Waals surface area contributed by atoms with Crippen molar-refractivity contribution in [3.05, 3.63) is 175 Å². The van der Waals surface area contributed by atoms with Gasteiger partial charge in [-0.1, -0.05) is 142 Å². The molecule has 0 atom stereocenters. The lowest BCUT2D eigenvalue weighted by Crippen LogP contribution is -2.19. The van der Waals surface area contributed by atoms with Crippen molar-refractivity contribution in [2.75, 3.05) is 4.90 Å². The molecule has 0 saturated heterocycles. The Bertz CT molecular complexity index is 2910. The Balaban J connectivity index is 1.23. The normalized spacial score (nSPS) is 13.8. The fourth-order valence-corrected chi connectivity index (χ4v) is 9.54. The van der Waals surface area contributed by atoms with Gasteiger partial charge in [0.25, 0.3) is 0 Å². The molecule has 2 aliphatic rings. The summed E-state index contributed by atoms with van der Waals surface area (Å²) in [6.45, 7) is 6.95. The van der Waals surface area contributed by atoms with E-state index in [4.69, 9.17) is 4.98 Å². The Labute approximate surface area is 309 Å². The summed E-state index contributed by atoms with van der Waals surface area (Å²) < 4.78 is 2.45. The first-order chi connectivity index (χ1) is 26.0. The van der Waals surface area contributed by atoms with Gasteiger partial charge in [0.15, 0.2) is 0 Å². The maximum atomic E-state index is 5.23. The van der Waals surface area contributed by atoms with Crippen molar-refractivity contribution >= 4 is 49.6 Å². The number of anilines is 3. The van der Waals surface area contributed by atoms with Crippen LogP contribution in [0.25, 0.3) is 71.6 Å². The van der Waals surface area contributed by atoms with Crippen LogP contribution in [0.4, 0.5) is 17.1 Å². The lowest BCUT2D eigenvalue weighted by atomic mass is 9.80. The smallest absolute Gasteiger partial charge is 0.114 e. The van der Waals surface area contributed by atoms with E-state index < -0.39 is 0 Å². The van der Waals surface area contributed by atoms with Crippen LogP contribution in [-0.4, -0.2) is 9.55 Å². The van der Waals surface area contributed by atoms with Gasteiger partial charge in [0, 0.05) is 23.1 Å². The molecule has 0 spiro atoms. The second kappa shape index (κ2) is 11.0. The van der Waals surface area contributed by atoms with Crippen LogP contribution in [0.2, 0.25) is 0 Å². The van der Waals surface area contributed by atoms with Crippen molar-refractivity contribution in [3.63, 3.8) is 0 Å². The molecule has 53 heavy (non-hydrogen) atoms. The van der Waals surface area contributed by atoms with E-state index in [-0.39, 0.29) is 5.41 Å². The lowest BCUT2D eigenvalue weighted by Gasteiger charge is -2.34. The average molecular weight is 680 g/mol. The molecular weight excluding hydrogens is 643 g/mol. The van der Waals surface area contributed by atoms with Crippen LogP contribution < -0.4 is 4.90 Å². The van der Waals surface area contributed by atoms with Crippen molar-refractivity contribution < 1.29 is 0 Å². The van der Waals surface area contributed by atoms with Gasteiger partial charge in [0.05, 0.1) is 28.1 Å². The van der Waals surface area contributed by atoms with E-state index >= 15 is 0 Å². The number of fused-ring (bicyclic) bond motifs is 7. The molecule has 0 unspecified atom stereocenters. The van der Waals surface area contributed by atoms with Crippen LogP contribution in [0.5, 0.6) is 0 Å². The topological polar surface area (TPSA) is 21.1 Å². The molecule has 0 amide bonds. The van der Waals surface area contributed by atoms with Crippen LogP contribution in [0, 0.1) is 0 Å². The van der Waals surface area contributed by atoms with Crippen molar-refractivity contribution in [1.29, 1.82) is 0 Å². The first-order valence-corrected chi connectivity index (χ1v) is 18.7. The highest BCUT2D eigenvalue weighted by atomic mass is 15.2. The summed E-state index contributed by atoms with van der Waals surface area (Å²) in [5, 5.41) is 5.01. The maximum Gasteiger partial charge on any atom is 0.114 e. The zero-order chi connectivity index (χ0) is 35.4. The predicted molar refractivity (Wildman–Crippen MR) is 222 cm³/mol. The first kappa shape index (κ1) is 30.2. The van der Waals surface area contributed by atoms with Crippen LogP contribution in [0.3, 0.4) is 0 Å². The van der Waals surface area contributed by atoms with Crippen LogP contribution in [-0.2, 0) is 11.8 Å². The molecule has 8 aromatic carbocycles. The third-order valence-corrected chi connectivity index (χ3v) is 11.8. The minimum absolute atomic E-state index is 0.0787. The van der Waals surface area contributed by atoms with Gasteiger partial charge in [-0.3, -0.25) is 4.57 Å². The molecule has 0 fully saturated rings. The third-order valence-electron chi connectivity index (χ3n) is 11.8. The number of nitrogens with zero attached hydrogens (tertiary/aromatic N) is 3. The van der Waals surface area contributed by atoms with Gasteiger partial charge >= 0.3 is 0 Å². The zero-order valence-electron chi connectivity index (χ0n) is 30.1. The molecular formula is C50H37N3. The molecule has 3 heteroatoms. The highest BCUT2D eigenvalue weighted by Gasteiger charge is 2.36. The zero-order valence-corrected chi connectivity index (χ0v) is 30.1. The quantitative estimate of drug-likeness (QED) is 0.173. The Morgan fingerprint density at radius 1 is 0.528 bits per heavy atom. The Kier molecular flexibility index (Phi) is 6.28. The fourth-order valence-electron chi connectivity index (χ4n) is 9.54. The van der Waals surface area contributed by atoms with E-state index in [9.17, 15) is 0 Å². The van der Waals surface area contributed by atoms with E-state index in [2.05, 4.69) is 188 Å². The summed E-state index contributed by atoms with van der Waals surface area (Å²) in [7, 11) is 0. The number of rotatable bonds is 4. The molecule has 252 valence electrons. The second-order valence-corrected chi connectivity index (χ2v) is 15.0. The summed E-state index contributed by atoms with van der Waals surface area (Å²) in [6.07, 6.45) is 0.826. The number of hydrogen-bond donors (Lipinski definition) is 0. The SMILES string of the molecule is CCc1nc2cccc3c2n1-c1c(-c2c4ccccc4c(-c4ccc5c(c4)C(C)(C)c4ccccc4-5)c4ccccc24)cccc1N3c1ccccc1. The van der Waals surface area contributed by atoms with Gasteiger partial charge in [0.2, 0.25) is 0 Å². The van der Waals surface area contributed by atoms with Crippen LogP contribution in [0.15, 0.2) is 158 Å². The molecule has 3 nitrogen and oxygen atoms in total. The molecule has 0 bridgehead atoms. The van der Waals surface area contributed by atoms with Gasteiger partial charge < -0.3 is 4.90 Å². The minimum atomic E-state index is -0.0787. The van der Waals surface area contributed by atoms with Crippen molar-refractivity contribution in [3.8, 4) is 39.1 Å². The number of para-hydroxylation sites is 3. The molecule has 11 rings (SSSR count). The Morgan fingerprint density at radius 3 is 1.87 bits per heavy atom. The van der Waals surface area contributed by atoms with E-state index in [1.54, 1.807) is 0 Å². The van der Waals surface area contributed by atoms with Crippen molar-refractivity contribution in [2.24, 2.45) is 0 Å². The highest BCUT2D eigenvalue weighted by Crippen LogP contribution is 2.54. The van der Waals surface area contributed by atoms with Crippen LogP contribution in [0.1, 0.15) is 37.7 Å². The van der Waals surface area contributed by atoms with Gasteiger partial charge in [-0.2, -0.15) is 0 Å². The fraction of sp³-hybridized carbons (Fsp3) is 0.100. The number of hydrogen-bond acceptors (Lipinski definition) is 2. The molecule has 0 saturated carbocycles. The largest absolute Gasteiger partial charge is 0.306 e. The first-order valence-electron chi connectivity index (χ1n) is 18.7. The summed E-state index contributed by atoms with van der Waals surface area (Å²) in [5.74, 6) is 1.07. The van der Waals surface area contributed by atoms with Crippen LogP contribution >= 0.6 is 0 Å². The summed E-state index contributed by atoms with van der Waals surface area (Å²) in [6, 6.07) is 58.3. The molecule has 1 aromatic heterocycles. The summed E-state index contributed by atoms with van der Waals surface area (Å²) in [4.78, 5) is 7.66. The maximum absolute atomic E-state index is 5.23. The van der Waals surface area contributed by atoms with Gasteiger partial charge in [-0.15, -0.1) is 0 Å². The standard InChI is InChI=1S/C50H37N3/c1-4-45-51-42-25-15-27-44-49(42)53(45)48-39(23-14-26-43(48)52(44)32-16-6-5-7-17-32)47-37-21-10-8-19-35(37)46(36-20-9-11-22-38(36)47)31-28-29-34-33-18-12-13-24-40(33)50(2,3)41(34)30-31/h5-30H,4H2,1-3H3. The molecule has 0 radical (unpaired) electrons. The molecule has 0 N–H and O–H groups in total. The third kappa shape index (κ3) is 4.08. The van der Waals surface area contributed by atoms with E-state index in [1.807, 2.05) is 0 Å². The van der Waals surface area contributed by atoms with Gasteiger partial charge in [0.1, 0.15) is 5.82 Å². The Hall–Kier alpha value is -6.45. The summed E-state index contributed by atoms with van der Waals surface area (Å²) in [5.41, 5.74) is 17.2. The van der Waals surface area contributed by atoms with Gasteiger partial charge in [-0.05, 0) is 96.9 Å². The van der Waals surface area contributed by atoms with E-state index in [1.165, 1.54) is 71.7 Å². The molecule has 9 aromatic rings. The highest BCUT2D eigenvalue weighted by molar-refractivity contribution is 6.23. The van der Waals surface area contributed by atoms with E-state index in [0.29, 0.717) is 0 Å². The lowest BCUT2D eigenvalue weighted by molar-refractivity contribution is 0.660. The van der Waals surface area contributed by atoms with E-state index in [0.717, 1.165) is 40.3 Å². The monoisotopic (exact) mass is 679 g/mol. The number of aromatic nitrogens is 2. The average Bonchev–Trinajstić information content (AvgIpc) is 3.70. The molecule has 1 aliphatic heterocycles. The number of benzene rings is 8. The number of aryl methyl sites for hydroxylation is 1. The molecule has 1 aliphatic carbocycles. The predicted octanol–water partition coefficient (Wildman–Crippen LogP) is 13.3. The summed E-state index contributed by atoms with van der Waals surface area (Å²) >= 11 is 0. The minimum Gasteiger partial charge on any atom is -0.306 e.